The Morgan fingerprint density at radius 3 is 2.44 bits per heavy atom. The van der Waals surface area contributed by atoms with E-state index in [9.17, 15) is 18.4 Å². The van der Waals surface area contributed by atoms with E-state index in [1.165, 1.54) is 24.3 Å². The molecule has 3 rings (SSSR count). The van der Waals surface area contributed by atoms with Crippen LogP contribution in [0.1, 0.15) is 6.42 Å². The highest BCUT2D eigenvalue weighted by Gasteiger charge is 2.31. The van der Waals surface area contributed by atoms with Crippen LogP contribution in [0.3, 0.4) is 0 Å². The third kappa shape index (κ3) is 5.07. The Hall–Kier alpha value is -2.87. The molecule has 3 amide bonds. The maximum absolute atomic E-state index is 12.2. The average Bonchev–Trinajstić information content (AvgIpc) is 2.97. The molecule has 1 atom stereocenters. The molecular formula is C18H16ClF2N3O3. The number of hydrogen-bond acceptors (Lipinski definition) is 3. The van der Waals surface area contributed by atoms with Gasteiger partial charge in [0, 0.05) is 29.4 Å². The van der Waals surface area contributed by atoms with Crippen LogP contribution >= 0.6 is 11.6 Å². The van der Waals surface area contributed by atoms with Gasteiger partial charge in [-0.25, -0.2) is 4.79 Å². The Kier molecular flexibility index (Phi) is 5.75. The monoisotopic (exact) mass is 395 g/mol. The van der Waals surface area contributed by atoms with Crippen LogP contribution in [0.2, 0.25) is 5.02 Å². The van der Waals surface area contributed by atoms with Crippen molar-refractivity contribution in [3.63, 3.8) is 0 Å². The number of hydrogen-bond donors (Lipinski definition) is 2. The van der Waals surface area contributed by atoms with Crippen molar-refractivity contribution in [2.75, 3.05) is 16.8 Å². The van der Waals surface area contributed by atoms with Crippen molar-refractivity contribution in [1.29, 1.82) is 0 Å². The topological polar surface area (TPSA) is 70.7 Å². The first kappa shape index (κ1) is 18.9. The Bertz CT molecular complexity index is 816. The van der Waals surface area contributed by atoms with E-state index >= 15 is 0 Å². The van der Waals surface area contributed by atoms with Crippen LogP contribution in [-0.4, -0.2) is 31.1 Å². The van der Waals surface area contributed by atoms with Gasteiger partial charge in [0.15, 0.2) is 0 Å². The number of rotatable bonds is 5. The fourth-order valence-electron chi connectivity index (χ4n) is 2.75. The molecule has 142 valence electrons. The number of ether oxygens (including phenoxy) is 1. The molecule has 0 aliphatic carbocycles. The molecule has 1 aliphatic heterocycles. The first-order valence-electron chi connectivity index (χ1n) is 8.09. The minimum Gasteiger partial charge on any atom is -0.435 e. The molecule has 1 unspecified atom stereocenters. The Morgan fingerprint density at radius 2 is 1.81 bits per heavy atom. The molecule has 9 heteroatoms. The lowest BCUT2D eigenvalue weighted by Gasteiger charge is -2.17. The second-order valence-electron chi connectivity index (χ2n) is 5.88. The largest absolute Gasteiger partial charge is 0.435 e. The lowest BCUT2D eigenvalue weighted by Crippen LogP contribution is -2.39. The maximum atomic E-state index is 12.2. The van der Waals surface area contributed by atoms with Crippen molar-refractivity contribution in [2.24, 2.45) is 0 Å². The average molecular weight is 396 g/mol. The summed E-state index contributed by atoms with van der Waals surface area (Å²) in [5.74, 6) is -0.105. The van der Waals surface area contributed by atoms with Crippen molar-refractivity contribution >= 4 is 34.9 Å². The van der Waals surface area contributed by atoms with E-state index in [2.05, 4.69) is 15.4 Å². The van der Waals surface area contributed by atoms with Crippen molar-refractivity contribution in [1.82, 2.24) is 5.32 Å². The molecule has 1 saturated heterocycles. The highest BCUT2D eigenvalue weighted by atomic mass is 35.5. The van der Waals surface area contributed by atoms with Gasteiger partial charge in [0.25, 0.3) is 0 Å². The number of nitrogens with zero attached hydrogens (tertiary/aromatic N) is 1. The summed E-state index contributed by atoms with van der Waals surface area (Å²) >= 11 is 5.85. The van der Waals surface area contributed by atoms with Gasteiger partial charge in [0.2, 0.25) is 5.91 Å². The summed E-state index contributed by atoms with van der Waals surface area (Å²) < 4.78 is 28.5. The normalized spacial score (nSPS) is 16.5. The third-order valence-corrected chi connectivity index (χ3v) is 4.19. The molecule has 2 aromatic rings. The summed E-state index contributed by atoms with van der Waals surface area (Å²) in [5.41, 5.74) is 1.12. The van der Waals surface area contributed by atoms with E-state index in [1.807, 2.05) is 0 Å². The van der Waals surface area contributed by atoms with Crippen LogP contribution in [0.25, 0.3) is 0 Å². The Balaban J connectivity index is 1.54. The number of urea groups is 1. The zero-order valence-corrected chi connectivity index (χ0v) is 14.7. The summed E-state index contributed by atoms with van der Waals surface area (Å²) in [6, 6.07) is 11.6. The smallest absolute Gasteiger partial charge is 0.387 e. The number of anilines is 2. The second-order valence-corrected chi connectivity index (χ2v) is 6.32. The van der Waals surface area contributed by atoms with Crippen molar-refractivity contribution < 1.29 is 23.1 Å². The van der Waals surface area contributed by atoms with E-state index in [0.29, 0.717) is 22.9 Å². The Labute approximate surface area is 159 Å². The lowest BCUT2D eigenvalue weighted by atomic mass is 10.2. The molecular weight excluding hydrogens is 380 g/mol. The van der Waals surface area contributed by atoms with Crippen LogP contribution in [0, 0.1) is 0 Å². The quantitative estimate of drug-likeness (QED) is 0.807. The van der Waals surface area contributed by atoms with Gasteiger partial charge in [-0.1, -0.05) is 11.6 Å². The van der Waals surface area contributed by atoms with Gasteiger partial charge in [0.1, 0.15) is 5.75 Å². The minimum absolute atomic E-state index is 0.00375. The van der Waals surface area contributed by atoms with E-state index in [-0.39, 0.29) is 24.1 Å². The molecule has 0 radical (unpaired) electrons. The molecule has 0 saturated carbocycles. The van der Waals surface area contributed by atoms with Crippen LogP contribution in [0.4, 0.5) is 25.0 Å². The minimum atomic E-state index is -2.91. The summed E-state index contributed by atoms with van der Waals surface area (Å²) in [6.07, 6.45) is 0.178. The zero-order valence-electron chi connectivity index (χ0n) is 14.0. The van der Waals surface area contributed by atoms with Gasteiger partial charge in [-0.15, -0.1) is 0 Å². The SMILES string of the molecule is O=C(Nc1ccc(OC(F)F)cc1)NC1CC(=O)N(c2ccc(Cl)cc2)C1. The number of amides is 3. The summed E-state index contributed by atoms with van der Waals surface area (Å²) in [7, 11) is 0. The summed E-state index contributed by atoms with van der Waals surface area (Å²) in [4.78, 5) is 25.9. The molecule has 2 aromatic carbocycles. The number of carbonyl (C=O) groups excluding carboxylic acids is 2. The number of nitrogens with one attached hydrogen (secondary N) is 2. The molecule has 2 N–H and O–H groups in total. The van der Waals surface area contributed by atoms with E-state index in [1.54, 1.807) is 29.2 Å². The maximum Gasteiger partial charge on any atom is 0.387 e. The molecule has 0 spiro atoms. The van der Waals surface area contributed by atoms with Crippen molar-refractivity contribution in [2.45, 2.75) is 19.1 Å². The fourth-order valence-corrected chi connectivity index (χ4v) is 2.87. The standard InChI is InChI=1S/C18H16ClF2N3O3/c19-11-1-5-14(6-2-11)24-10-13(9-16(24)25)23-18(26)22-12-3-7-15(8-4-12)27-17(20)21/h1-8,13,17H,9-10H2,(H2,22,23,26). The van der Waals surface area contributed by atoms with Gasteiger partial charge in [-0.3, -0.25) is 4.79 Å². The molecule has 1 heterocycles. The molecule has 6 nitrogen and oxygen atoms in total. The van der Waals surface area contributed by atoms with Crippen LogP contribution in [-0.2, 0) is 4.79 Å². The predicted octanol–water partition coefficient (Wildman–Crippen LogP) is 3.87. The number of carbonyl (C=O) groups is 2. The van der Waals surface area contributed by atoms with E-state index in [0.717, 1.165) is 0 Å². The van der Waals surface area contributed by atoms with Gasteiger partial charge >= 0.3 is 12.6 Å². The molecule has 1 aliphatic rings. The predicted molar refractivity (Wildman–Crippen MR) is 97.4 cm³/mol. The molecule has 0 aromatic heterocycles. The highest BCUT2D eigenvalue weighted by Crippen LogP contribution is 2.23. The number of benzene rings is 2. The summed E-state index contributed by atoms with van der Waals surface area (Å²) in [6.45, 7) is -2.56. The van der Waals surface area contributed by atoms with Crippen molar-refractivity contribution in [3.8, 4) is 5.75 Å². The van der Waals surface area contributed by atoms with E-state index < -0.39 is 12.6 Å². The van der Waals surface area contributed by atoms with Gasteiger partial charge in [0.05, 0.1) is 6.04 Å². The zero-order chi connectivity index (χ0) is 19.4. The van der Waals surface area contributed by atoms with Crippen molar-refractivity contribution in [3.05, 3.63) is 53.6 Å². The number of halogens is 3. The van der Waals surface area contributed by atoms with Gasteiger partial charge < -0.3 is 20.3 Å². The third-order valence-electron chi connectivity index (χ3n) is 3.94. The van der Waals surface area contributed by atoms with Crippen LogP contribution < -0.4 is 20.3 Å². The van der Waals surface area contributed by atoms with E-state index in [4.69, 9.17) is 11.6 Å². The molecule has 27 heavy (non-hydrogen) atoms. The summed E-state index contributed by atoms with van der Waals surface area (Å²) in [5, 5.41) is 5.89. The molecule has 1 fully saturated rings. The first-order chi connectivity index (χ1) is 12.9. The van der Waals surface area contributed by atoms with Crippen LogP contribution in [0.15, 0.2) is 48.5 Å². The lowest BCUT2D eigenvalue weighted by molar-refractivity contribution is -0.117. The number of alkyl halides is 2. The first-order valence-corrected chi connectivity index (χ1v) is 8.47. The Morgan fingerprint density at radius 1 is 1.15 bits per heavy atom. The molecule has 0 bridgehead atoms. The van der Waals surface area contributed by atoms with Crippen LogP contribution in [0.5, 0.6) is 5.75 Å². The second kappa shape index (κ2) is 8.22. The highest BCUT2D eigenvalue weighted by molar-refractivity contribution is 6.30. The van der Waals surface area contributed by atoms with Gasteiger partial charge in [-0.05, 0) is 48.5 Å². The van der Waals surface area contributed by atoms with Gasteiger partial charge in [-0.2, -0.15) is 8.78 Å². The fraction of sp³-hybridized carbons (Fsp3) is 0.222.